The Labute approximate surface area is 82.6 Å². The van der Waals surface area contributed by atoms with Crippen molar-refractivity contribution in [3.8, 4) is 5.75 Å². The molecule has 1 aromatic carbocycles. The van der Waals surface area contributed by atoms with E-state index in [2.05, 4.69) is 0 Å². The predicted molar refractivity (Wildman–Crippen MR) is 51.0 cm³/mol. The van der Waals surface area contributed by atoms with Gasteiger partial charge in [-0.05, 0) is 24.5 Å². The zero-order chi connectivity index (χ0) is 9.97. The maximum atomic E-state index is 13.6. The van der Waals surface area contributed by atoms with Crippen LogP contribution in [0.5, 0.6) is 5.75 Å². The van der Waals surface area contributed by atoms with Crippen LogP contribution < -0.4 is 4.74 Å². The maximum absolute atomic E-state index is 13.6. The number of hydrogen-bond donors (Lipinski definition) is 0. The van der Waals surface area contributed by atoms with Crippen LogP contribution in [0.3, 0.4) is 0 Å². The molecule has 1 atom stereocenters. The van der Waals surface area contributed by atoms with Crippen LogP contribution in [-0.2, 0) is 11.2 Å². The lowest BCUT2D eigenvalue weighted by Gasteiger charge is -2.06. The molecule has 1 heterocycles. The number of benzene rings is 1. The molecule has 0 amide bonds. The molecule has 14 heavy (non-hydrogen) atoms. The van der Waals surface area contributed by atoms with Gasteiger partial charge >= 0.3 is 0 Å². The Balaban J connectivity index is 2.06. The van der Waals surface area contributed by atoms with Crippen LogP contribution in [0.4, 0.5) is 4.39 Å². The first-order valence-electron chi connectivity index (χ1n) is 4.74. The van der Waals surface area contributed by atoms with E-state index < -0.39 is 0 Å². The van der Waals surface area contributed by atoms with Crippen LogP contribution in [0.15, 0.2) is 18.2 Å². The minimum absolute atomic E-state index is 0.240. The summed E-state index contributed by atoms with van der Waals surface area (Å²) >= 11 is 0. The van der Waals surface area contributed by atoms with Gasteiger partial charge in [0.25, 0.3) is 0 Å². The average molecular weight is 196 g/mol. The van der Waals surface area contributed by atoms with Crippen molar-refractivity contribution in [1.29, 1.82) is 0 Å². The van der Waals surface area contributed by atoms with Gasteiger partial charge in [-0.15, -0.1) is 0 Å². The highest BCUT2D eigenvalue weighted by Crippen LogP contribution is 2.23. The summed E-state index contributed by atoms with van der Waals surface area (Å²) in [5.41, 5.74) is 0.708. The van der Waals surface area contributed by atoms with Gasteiger partial charge in [0.1, 0.15) is 0 Å². The van der Waals surface area contributed by atoms with Crippen LogP contribution in [0.1, 0.15) is 12.0 Å². The third-order valence-corrected chi connectivity index (χ3v) is 2.40. The smallest absolute Gasteiger partial charge is 0.168 e. The Morgan fingerprint density at radius 1 is 1.57 bits per heavy atom. The quantitative estimate of drug-likeness (QED) is 0.688. The molecular formula is C11H13FO2. The van der Waals surface area contributed by atoms with Gasteiger partial charge in [-0.1, -0.05) is 12.1 Å². The topological polar surface area (TPSA) is 21.8 Å². The van der Waals surface area contributed by atoms with Crippen molar-refractivity contribution in [2.45, 2.75) is 18.9 Å². The van der Waals surface area contributed by atoms with Crippen LogP contribution in [0.2, 0.25) is 0 Å². The van der Waals surface area contributed by atoms with Crippen molar-refractivity contribution in [2.75, 3.05) is 13.7 Å². The number of hydrogen-bond acceptors (Lipinski definition) is 2. The first kappa shape index (κ1) is 9.46. The van der Waals surface area contributed by atoms with Crippen molar-refractivity contribution >= 4 is 0 Å². The normalized spacial score (nSPS) is 19.4. The van der Waals surface area contributed by atoms with E-state index in [9.17, 15) is 4.39 Å². The molecule has 0 aromatic heterocycles. The number of epoxide rings is 1. The molecule has 0 bridgehead atoms. The second-order valence-corrected chi connectivity index (χ2v) is 3.43. The van der Waals surface area contributed by atoms with Crippen molar-refractivity contribution in [3.63, 3.8) is 0 Å². The standard InChI is InChI=1S/C11H13FO2/c1-13-10-4-2-3-8(11(10)12)5-6-9-7-14-9/h2-4,9H,5-7H2,1H3. The maximum Gasteiger partial charge on any atom is 0.168 e. The number of rotatable bonds is 4. The summed E-state index contributed by atoms with van der Waals surface area (Å²) < 4.78 is 23.6. The Hall–Kier alpha value is -1.09. The Bertz CT molecular complexity index is 321. The van der Waals surface area contributed by atoms with Gasteiger partial charge in [-0.2, -0.15) is 0 Å². The van der Waals surface area contributed by atoms with Crippen molar-refractivity contribution in [2.24, 2.45) is 0 Å². The first-order chi connectivity index (χ1) is 6.81. The third kappa shape index (κ3) is 2.04. The van der Waals surface area contributed by atoms with Gasteiger partial charge < -0.3 is 9.47 Å². The summed E-state index contributed by atoms with van der Waals surface area (Å²) in [6.45, 7) is 0.825. The lowest BCUT2D eigenvalue weighted by atomic mass is 10.1. The van der Waals surface area contributed by atoms with E-state index in [0.29, 0.717) is 23.8 Å². The van der Waals surface area contributed by atoms with Gasteiger partial charge in [0.2, 0.25) is 0 Å². The fourth-order valence-corrected chi connectivity index (χ4v) is 1.46. The Morgan fingerprint density at radius 3 is 3.00 bits per heavy atom. The molecule has 1 aliphatic heterocycles. The van der Waals surface area contributed by atoms with E-state index in [1.165, 1.54) is 7.11 Å². The van der Waals surface area contributed by atoms with Gasteiger partial charge in [0.15, 0.2) is 11.6 Å². The van der Waals surface area contributed by atoms with Crippen molar-refractivity contribution < 1.29 is 13.9 Å². The molecule has 76 valence electrons. The molecule has 0 saturated carbocycles. The SMILES string of the molecule is COc1cccc(CCC2CO2)c1F. The molecule has 1 fully saturated rings. The Morgan fingerprint density at radius 2 is 2.36 bits per heavy atom. The fraction of sp³-hybridized carbons (Fsp3) is 0.455. The predicted octanol–water partition coefficient (Wildman–Crippen LogP) is 2.17. The Kier molecular flexibility index (Phi) is 2.68. The van der Waals surface area contributed by atoms with Crippen molar-refractivity contribution in [3.05, 3.63) is 29.6 Å². The average Bonchev–Trinajstić information content (AvgIpc) is 3.00. The van der Waals surface area contributed by atoms with Gasteiger partial charge in [0, 0.05) is 0 Å². The van der Waals surface area contributed by atoms with E-state index in [4.69, 9.17) is 9.47 Å². The second-order valence-electron chi connectivity index (χ2n) is 3.43. The summed E-state index contributed by atoms with van der Waals surface area (Å²) in [5.74, 6) is 0.0786. The minimum atomic E-state index is -0.240. The highest BCUT2D eigenvalue weighted by Gasteiger charge is 2.22. The number of methoxy groups -OCH3 is 1. The lowest BCUT2D eigenvalue weighted by Crippen LogP contribution is -1.97. The van der Waals surface area contributed by atoms with E-state index in [1.807, 2.05) is 6.07 Å². The molecule has 1 saturated heterocycles. The molecule has 3 heteroatoms. The molecular weight excluding hydrogens is 183 g/mol. The zero-order valence-electron chi connectivity index (χ0n) is 8.13. The number of halogens is 1. The summed E-state index contributed by atoms with van der Waals surface area (Å²) in [5, 5.41) is 0. The lowest BCUT2D eigenvalue weighted by molar-refractivity contribution is 0.379. The van der Waals surface area contributed by atoms with E-state index in [-0.39, 0.29) is 5.82 Å². The molecule has 1 aliphatic rings. The monoisotopic (exact) mass is 196 g/mol. The van der Waals surface area contributed by atoms with Gasteiger partial charge in [-0.3, -0.25) is 0 Å². The van der Waals surface area contributed by atoms with Gasteiger partial charge in [0.05, 0.1) is 19.8 Å². The van der Waals surface area contributed by atoms with Crippen LogP contribution >= 0.6 is 0 Å². The van der Waals surface area contributed by atoms with Crippen LogP contribution in [0.25, 0.3) is 0 Å². The molecule has 1 aromatic rings. The third-order valence-electron chi connectivity index (χ3n) is 2.40. The van der Waals surface area contributed by atoms with Crippen LogP contribution in [-0.4, -0.2) is 19.8 Å². The fourth-order valence-electron chi connectivity index (χ4n) is 1.46. The molecule has 0 N–H and O–H groups in total. The molecule has 2 nitrogen and oxygen atoms in total. The van der Waals surface area contributed by atoms with E-state index >= 15 is 0 Å². The summed E-state index contributed by atoms with van der Waals surface area (Å²) in [6.07, 6.45) is 1.96. The summed E-state index contributed by atoms with van der Waals surface area (Å²) in [6, 6.07) is 5.23. The molecule has 1 unspecified atom stereocenters. The van der Waals surface area contributed by atoms with E-state index in [0.717, 1.165) is 13.0 Å². The van der Waals surface area contributed by atoms with Gasteiger partial charge in [-0.25, -0.2) is 4.39 Å². The summed E-state index contributed by atoms with van der Waals surface area (Å²) in [7, 11) is 1.48. The number of aryl methyl sites for hydroxylation is 1. The second kappa shape index (κ2) is 3.96. The van der Waals surface area contributed by atoms with Crippen LogP contribution in [0, 0.1) is 5.82 Å². The minimum Gasteiger partial charge on any atom is -0.494 e. The largest absolute Gasteiger partial charge is 0.494 e. The first-order valence-corrected chi connectivity index (χ1v) is 4.74. The highest BCUT2D eigenvalue weighted by atomic mass is 19.1. The van der Waals surface area contributed by atoms with Crippen molar-refractivity contribution in [1.82, 2.24) is 0 Å². The zero-order valence-corrected chi connectivity index (χ0v) is 8.13. The molecule has 0 spiro atoms. The highest BCUT2D eigenvalue weighted by molar-refractivity contribution is 5.31. The molecule has 0 aliphatic carbocycles. The molecule has 0 radical (unpaired) electrons. The summed E-state index contributed by atoms with van der Waals surface area (Å²) in [4.78, 5) is 0. The van der Waals surface area contributed by atoms with E-state index in [1.54, 1.807) is 12.1 Å². The molecule has 2 rings (SSSR count). The number of ether oxygens (including phenoxy) is 2.